The molecule has 1 aliphatic rings. The third-order valence-electron chi connectivity index (χ3n) is 2.55. The van der Waals surface area contributed by atoms with E-state index in [0.717, 1.165) is 5.52 Å². The molecule has 18 heavy (non-hydrogen) atoms. The Labute approximate surface area is 102 Å². The van der Waals surface area contributed by atoms with Gasteiger partial charge in [0.15, 0.2) is 6.04 Å². The van der Waals surface area contributed by atoms with Gasteiger partial charge in [0.2, 0.25) is 0 Å². The highest BCUT2D eigenvalue weighted by Crippen LogP contribution is 2.08. The first-order chi connectivity index (χ1) is 8.74. The number of carbonyl (C=O) groups excluding carboxylic acids is 2. The van der Waals surface area contributed by atoms with Gasteiger partial charge in [-0.1, -0.05) is 17.9 Å². The van der Waals surface area contributed by atoms with E-state index >= 15 is 0 Å². The molecule has 1 unspecified atom stereocenters. The van der Waals surface area contributed by atoms with Gasteiger partial charge in [-0.15, -0.1) is 0 Å². The van der Waals surface area contributed by atoms with Gasteiger partial charge in [-0.05, 0) is 12.1 Å². The Morgan fingerprint density at radius 3 is 3.00 bits per heavy atom. The Bertz CT molecular complexity index is 707. The molecule has 3 amide bonds. The van der Waals surface area contributed by atoms with Gasteiger partial charge in [-0.25, -0.2) is 9.31 Å². The highest BCUT2D eigenvalue weighted by atomic mass is 16.2. The van der Waals surface area contributed by atoms with Crippen molar-refractivity contribution in [2.24, 2.45) is 0 Å². The second-order valence-electron chi connectivity index (χ2n) is 3.75. The highest BCUT2D eigenvalue weighted by molar-refractivity contribution is 6.05. The van der Waals surface area contributed by atoms with Crippen LogP contribution in [0.5, 0.6) is 0 Å². The molecule has 1 aliphatic heterocycles. The van der Waals surface area contributed by atoms with Gasteiger partial charge in [0.25, 0.3) is 5.91 Å². The number of fused-ring (bicyclic) bond motifs is 1. The minimum atomic E-state index is -0.795. The molecule has 0 saturated carbocycles. The molecule has 3 heterocycles. The number of aromatic nitrogens is 2. The molecule has 1 atom stereocenters. The lowest BCUT2D eigenvalue weighted by atomic mass is 10.2. The molecule has 1 saturated heterocycles. The molecule has 3 rings (SSSR count). The second-order valence-corrected chi connectivity index (χ2v) is 3.75. The molecule has 1 fully saturated rings. The maximum absolute atomic E-state index is 11.3. The van der Waals surface area contributed by atoms with Crippen LogP contribution in [0.3, 0.4) is 0 Å². The first kappa shape index (κ1) is 10.4. The molecule has 2 N–H and O–H groups in total. The smallest absolute Gasteiger partial charge is 0.316 e. The van der Waals surface area contributed by atoms with Crippen LogP contribution in [0, 0.1) is 11.8 Å². The molecule has 0 bridgehead atoms. The van der Waals surface area contributed by atoms with Crippen molar-refractivity contribution < 1.29 is 9.59 Å². The van der Waals surface area contributed by atoms with Gasteiger partial charge < -0.3 is 5.32 Å². The zero-order valence-electron chi connectivity index (χ0n) is 9.18. The Balaban J connectivity index is 1.94. The van der Waals surface area contributed by atoms with E-state index in [2.05, 4.69) is 27.6 Å². The van der Waals surface area contributed by atoms with E-state index in [1.54, 1.807) is 10.7 Å². The van der Waals surface area contributed by atoms with Crippen molar-refractivity contribution in [1.82, 2.24) is 20.2 Å². The van der Waals surface area contributed by atoms with Gasteiger partial charge >= 0.3 is 6.03 Å². The molecule has 0 aromatic carbocycles. The summed E-state index contributed by atoms with van der Waals surface area (Å²) in [6.07, 6.45) is 3.43. The average Bonchev–Trinajstić information content (AvgIpc) is 2.90. The van der Waals surface area contributed by atoms with Crippen LogP contribution in [-0.4, -0.2) is 27.6 Å². The number of pyridine rings is 1. The van der Waals surface area contributed by atoms with Crippen LogP contribution in [0.25, 0.3) is 5.52 Å². The van der Waals surface area contributed by atoms with E-state index in [-0.39, 0.29) is 0 Å². The third kappa shape index (κ3) is 1.68. The number of nitrogens with one attached hydrogen (secondary N) is 2. The standard InChI is InChI=1S/C12H8N4O2/c17-11-9(14-12(18)15-11)5-4-8-7-13-16-6-2-1-3-10(8)16/h1-3,6-7,9H,(H2,14,15,17,18). The second kappa shape index (κ2) is 3.89. The number of urea groups is 1. The van der Waals surface area contributed by atoms with E-state index in [1.165, 1.54) is 0 Å². The molecular formula is C12H8N4O2. The number of hydrogen-bond acceptors (Lipinski definition) is 3. The molecule has 0 spiro atoms. The lowest BCUT2D eigenvalue weighted by Crippen LogP contribution is -2.26. The average molecular weight is 240 g/mol. The van der Waals surface area contributed by atoms with Crippen molar-refractivity contribution in [2.75, 3.05) is 0 Å². The molecule has 88 valence electrons. The van der Waals surface area contributed by atoms with Gasteiger partial charge in [-0.3, -0.25) is 10.1 Å². The zero-order valence-corrected chi connectivity index (χ0v) is 9.18. The summed E-state index contributed by atoms with van der Waals surface area (Å²) in [5.41, 5.74) is 1.57. The Hall–Kier alpha value is -2.81. The Kier molecular flexibility index (Phi) is 2.24. The molecule has 2 aromatic rings. The SMILES string of the molecule is O=C1NC(=O)C(C#Cc2cnn3ccccc23)N1. The van der Waals surface area contributed by atoms with Crippen LogP contribution in [0.15, 0.2) is 30.6 Å². The minimum absolute atomic E-state index is 0.427. The van der Waals surface area contributed by atoms with Gasteiger partial charge in [0.05, 0.1) is 17.3 Å². The largest absolute Gasteiger partial charge is 0.322 e. The Morgan fingerprint density at radius 1 is 1.33 bits per heavy atom. The van der Waals surface area contributed by atoms with Crippen LogP contribution >= 0.6 is 0 Å². The van der Waals surface area contributed by atoms with Crippen molar-refractivity contribution >= 4 is 17.5 Å². The quantitative estimate of drug-likeness (QED) is 0.498. The maximum Gasteiger partial charge on any atom is 0.322 e. The van der Waals surface area contributed by atoms with Gasteiger partial charge in [0.1, 0.15) is 0 Å². The number of imide groups is 1. The van der Waals surface area contributed by atoms with Gasteiger partial charge in [0, 0.05) is 6.20 Å². The summed E-state index contributed by atoms with van der Waals surface area (Å²) in [7, 11) is 0. The molecule has 6 nitrogen and oxygen atoms in total. The fourth-order valence-corrected chi connectivity index (χ4v) is 1.70. The summed E-state index contributed by atoms with van der Waals surface area (Å²) in [6.45, 7) is 0. The number of hydrogen-bond donors (Lipinski definition) is 2. The number of carbonyl (C=O) groups is 2. The zero-order chi connectivity index (χ0) is 12.5. The fraction of sp³-hybridized carbons (Fsp3) is 0.0833. The predicted octanol–water partition coefficient (Wildman–Crippen LogP) is -0.106. The third-order valence-corrected chi connectivity index (χ3v) is 2.55. The number of amides is 3. The Morgan fingerprint density at radius 2 is 2.22 bits per heavy atom. The first-order valence-corrected chi connectivity index (χ1v) is 5.29. The van der Waals surface area contributed by atoms with Crippen molar-refractivity contribution in [1.29, 1.82) is 0 Å². The van der Waals surface area contributed by atoms with E-state index in [0.29, 0.717) is 5.56 Å². The summed E-state index contributed by atoms with van der Waals surface area (Å²) in [5, 5.41) is 8.66. The molecule has 6 heteroatoms. The molecular weight excluding hydrogens is 232 g/mol. The first-order valence-electron chi connectivity index (χ1n) is 5.29. The summed E-state index contributed by atoms with van der Waals surface area (Å²) in [5.74, 6) is 5.13. The normalized spacial score (nSPS) is 18.1. The van der Waals surface area contributed by atoms with Crippen molar-refractivity contribution in [3.8, 4) is 11.8 Å². The van der Waals surface area contributed by atoms with E-state index in [1.807, 2.05) is 24.4 Å². The monoisotopic (exact) mass is 240 g/mol. The fourth-order valence-electron chi connectivity index (χ4n) is 1.70. The van der Waals surface area contributed by atoms with Gasteiger partial charge in [-0.2, -0.15) is 5.10 Å². The van der Waals surface area contributed by atoms with Crippen LogP contribution in [0.2, 0.25) is 0 Å². The molecule has 2 aromatic heterocycles. The van der Waals surface area contributed by atoms with Crippen LogP contribution < -0.4 is 10.6 Å². The molecule has 0 radical (unpaired) electrons. The van der Waals surface area contributed by atoms with Crippen LogP contribution in [-0.2, 0) is 4.79 Å². The van der Waals surface area contributed by atoms with E-state index in [9.17, 15) is 9.59 Å². The van der Waals surface area contributed by atoms with Crippen LogP contribution in [0.1, 0.15) is 5.56 Å². The summed E-state index contributed by atoms with van der Waals surface area (Å²) in [6, 6.07) is 4.31. The lowest BCUT2D eigenvalue weighted by molar-refractivity contribution is -0.119. The summed E-state index contributed by atoms with van der Waals surface area (Å²) in [4.78, 5) is 22.2. The lowest BCUT2D eigenvalue weighted by Gasteiger charge is -1.94. The van der Waals surface area contributed by atoms with Crippen molar-refractivity contribution in [3.05, 3.63) is 36.2 Å². The van der Waals surface area contributed by atoms with E-state index < -0.39 is 18.0 Å². The van der Waals surface area contributed by atoms with Crippen LogP contribution in [0.4, 0.5) is 4.79 Å². The number of rotatable bonds is 0. The maximum atomic E-state index is 11.3. The predicted molar refractivity (Wildman–Crippen MR) is 62.5 cm³/mol. The summed E-state index contributed by atoms with van der Waals surface area (Å²) >= 11 is 0. The van der Waals surface area contributed by atoms with Crippen molar-refractivity contribution in [2.45, 2.75) is 6.04 Å². The summed E-state index contributed by atoms with van der Waals surface area (Å²) < 4.78 is 1.69. The van der Waals surface area contributed by atoms with E-state index in [4.69, 9.17) is 0 Å². The topological polar surface area (TPSA) is 75.5 Å². The molecule has 0 aliphatic carbocycles. The number of nitrogens with zero attached hydrogens (tertiary/aromatic N) is 2. The minimum Gasteiger partial charge on any atom is -0.316 e. The van der Waals surface area contributed by atoms with Crippen molar-refractivity contribution in [3.63, 3.8) is 0 Å². The highest BCUT2D eigenvalue weighted by Gasteiger charge is 2.27.